The predicted molar refractivity (Wildman–Crippen MR) is 67.9 cm³/mol. The van der Waals surface area contributed by atoms with Crippen LogP contribution in [0.5, 0.6) is 5.88 Å². The van der Waals surface area contributed by atoms with Gasteiger partial charge in [-0.25, -0.2) is 0 Å². The van der Waals surface area contributed by atoms with E-state index in [-0.39, 0.29) is 5.78 Å². The van der Waals surface area contributed by atoms with Gasteiger partial charge in [-0.2, -0.15) is 0 Å². The van der Waals surface area contributed by atoms with E-state index in [0.29, 0.717) is 17.1 Å². The molecular formula is C14H14N2O2. The van der Waals surface area contributed by atoms with Crippen molar-refractivity contribution in [1.29, 1.82) is 0 Å². The molecule has 4 nitrogen and oxygen atoms in total. The third kappa shape index (κ3) is 2.37. The number of ketones is 1. The van der Waals surface area contributed by atoms with Gasteiger partial charge in [0.2, 0.25) is 11.7 Å². The van der Waals surface area contributed by atoms with Crippen molar-refractivity contribution in [2.24, 2.45) is 0 Å². The van der Waals surface area contributed by atoms with Crippen LogP contribution >= 0.6 is 0 Å². The Morgan fingerprint density at radius 2 is 1.83 bits per heavy atom. The van der Waals surface area contributed by atoms with Crippen LogP contribution in [-0.2, 0) is 0 Å². The Bertz CT molecular complexity index is 577. The Labute approximate surface area is 106 Å². The summed E-state index contributed by atoms with van der Waals surface area (Å²) in [6.45, 7) is 3.99. The van der Waals surface area contributed by atoms with Gasteiger partial charge in [-0.3, -0.25) is 4.79 Å². The van der Waals surface area contributed by atoms with Crippen molar-refractivity contribution < 1.29 is 9.53 Å². The first-order chi connectivity index (χ1) is 8.61. The fourth-order valence-electron chi connectivity index (χ4n) is 1.58. The molecular weight excluding hydrogens is 228 g/mol. The summed E-state index contributed by atoms with van der Waals surface area (Å²) in [6.07, 6.45) is 0. The molecule has 2 rings (SSSR count). The molecule has 4 heteroatoms. The predicted octanol–water partition coefficient (Wildman–Crippen LogP) is 2.33. The molecule has 0 spiro atoms. The van der Waals surface area contributed by atoms with Gasteiger partial charge >= 0.3 is 0 Å². The highest BCUT2D eigenvalue weighted by molar-refractivity contribution is 6.07. The molecule has 1 aromatic heterocycles. The number of carbonyl (C=O) groups excluding carboxylic acids is 1. The number of benzene rings is 1. The number of methoxy groups -OCH3 is 1. The van der Waals surface area contributed by atoms with Crippen LogP contribution in [0.4, 0.5) is 0 Å². The van der Waals surface area contributed by atoms with Crippen molar-refractivity contribution in [3.8, 4) is 5.88 Å². The van der Waals surface area contributed by atoms with E-state index < -0.39 is 0 Å². The maximum Gasteiger partial charge on any atom is 0.233 e. The molecule has 1 heterocycles. The summed E-state index contributed by atoms with van der Waals surface area (Å²) in [5, 5.41) is 7.64. The van der Waals surface area contributed by atoms with Gasteiger partial charge in [0.25, 0.3) is 0 Å². The van der Waals surface area contributed by atoms with E-state index in [1.807, 2.05) is 26.0 Å². The first kappa shape index (κ1) is 12.2. The van der Waals surface area contributed by atoms with Gasteiger partial charge in [0.1, 0.15) is 5.69 Å². The lowest BCUT2D eigenvalue weighted by atomic mass is 10.0. The van der Waals surface area contributed by atoms with Gasteiger partial charge in [0.15, 0.2) is 0 Å². The summed E-state index contributed by atoms with van der Waals surface area (Å²) in [5.74, 6) is 0.264. The zero-order chi connectivity index (χ0) is 13.1. The summed E-state index contributed by atoms with van der Waals surface area (Å²) in [7, 11) is 1.51. The Balaban J connectivity index is 2.32. The fraction of sp³-hybridized carbons (Fsp3) is 0.214. The second-order valence-electron chi connectivity index (χ2n) is 4.09. The number of hydrogen-bond acceptors (Lipinski definition) is 4. The van der Waals surface area contributed by atoms with Crippen molar-refractivity contribution in [1.82, 2.24) is 10.2 Å². The van der Waals surface area contributed by atoms with Crippen LogP contribution in [0.3, 0.4) is 0 Å². The zero-order valence-electron chi connectivity index (χ0n) is 10.6. The molecule has 1 aromatic carbocycles. The molecule has 0 bridgehead atoms. The Hall–Kier alpha value is -2.23. The Kier molecular flexibility index (Phi) is 3.37. The molecule has 0 saturated heterocycles. The molecule has 0 fully saturated rings. The summed E-state index contributed by atoms with van der Waals surface area (Å²) in [6, 6.07) is 8.84. The van der Waals surface area contributed by atoms with Crippen molar-refractivity contribution in [3.05, 3.63) is 52.7 Å². The van der Waals surface area contributed by atoms with Crippen LogP contribution in [0.25, 0.3) is 0 Å². The number of carbonyl (C=O) groups is 1. The van der Waals surface area contributed by atoms with Gasteiger partial charge in [-0.1, -0.05) is 12.1 Å². The molecule has 0 N–H and O–H groups in total. The first-order valence-electron chi connectivity index (χ1n) is 5.61. The number of nitrogens with zero attached hydrogens (tertiary/aromatic N) is 2. The molecule has 0 aliphatic heterocycles. The quantitative estimate of drug-likeness (QED) is 0.775. The van der Waals surface area contributed by atoms with Crippen LogP contribution in [0.2, 0.25) is 0 Å². The van der Waals surface area contributed by atoms with Crippen molar-refractivity contribution >= 4 is 5.78 Å². The van der Waals surface area contributed by atoms with Crippen LogP contribution in [0.1, 0.15) is 27.2 Å². The van der Waals surface area contributed by atoms with Crippen LogP contribution in [0.15, 0.2) is 30.3 Å². The van der Waals surface area contributed by atoms with E-state index in [4.69, 9.17) is 4.74 Å². The number of hydrogen-bond donors (Lipinski definition) is 0. The molecule has 0 atom stereocenters. The third-order valence-electron chi connectivity index (χ3n) is 2.85. The standard InChI is InChI=1S/C14H14N2O2/c1-9-4-5-11(8-10(9)2)14(17)12-6-7-13(18-3)16-15-12/h4-8H,1-3H3. The fourth-order valence-corrected chi connectivity index (χ4v) is 1.58. The number of rotatable bonds is 3. The lowest BCUT2D eigenvalue weighted by molar-refractivity contribution is 0.103. The minimum absolute atomic E-state index is 0.131. The van der Waals surface area contributed by atoms with Crippen LogP contribution in [-0.4, -0.2) is 23.1 Å². The minimum atomic E-state index is -0.131. The molecule has 0 amide bonds. The normalized spacial score (nSPS) is 10.2. The summed E-state index contributed by atoms with van der Waals surface area (Å²) in [4.78, 5) is 12.2. The van der Waals surface area contributed by atoms with Gasteiger partial charge in [-0.05, 0) is 37.1 Å². The maximum atomic E-state index is 12.2. The summed E-state index contributed by atoms with van der Waals surface area (Å²) >= 11 is 0. The van der Waals surface area contributed by atoms with Crippen LogP contribution < -0.4 is 4.74 Å². The second-order valence-corrected chi connectivity index (χ2v) is 4.09. The van der Waals surface area contributed by atoms with E-state index >= 15 is 0 Å². The second kappa shape index (κ2) is 4.96. The Morgan fingerprint density at radius 3 is 2.39 bits per heavy atom. The van der Waals surface area contributed by atoms with E-state index in [0.717, 1.165) is 11.1 Å². The first-order valence-corrected chi connectivity index (χ1v) is 5.61. The summed E-state index contributed by atoms with van der Waals surface area (Å²) < 4.78 is 4.90. The third-order valence-corrected chi connectivity index (χ3v) is 2.85. The zero-order valence-corrected chi connectivity index (χ0v) is 10.6. The van der Waals surface area contributed by atoms with Gasteiger partial charge < -0.3 is 4.74 Å². The van der Waals surface area contributed by atoms with E-state index in [1.165, 1.54) is 7.11 Å². The SMILES string of the molecule is COc1ccc(C(=O)c2ccc(C)c(C)c2)nn1. The van der Waals surface area contributed by atoms with E-state index in [2.05, 4.69) is 10.2 Å². The highest BCUT2D eigenvalue weighted by atomic mass is 16.5. The lowest BCUT2D eigenvalue weighted by Gasteiger charge is -2.04. The van der Waals surface area contributed by atoms with Crippen molar-refractivity contribution in [2.75, 3.05) is 7.11 Å². The van der Waals surface area contributed by atoms with Crippen LogP contribution in [0, 0.1) is 13.8 Å². The van der Waals surface area contributed by atoms with Gasteiger partial charge in [-0.15, -0.1) is 10.2 Å². The highest BCUT2D eigenvalue weighted by Gasteiger charge is 2.12. The molecule has 2 aromatic rings. The van der Waals surface area contributed by atoms with Gasteiger partial charge in [0.05, 0.1) is 7.11 Å². The van der Waals surface area contributed by atoms with E-state index in [1.54, 1.807) is 18.2 Å². The minimum Gasteiger partial charge on any atom is -0.480 e. The smallest absolute Gasteiger partial charge is 0.233 e. The molecule has 0 radical (unpaired) electrons. The number of aryl methyl sites for hydroxylation is 2. The van der Waals surface area contributed by atoms with Gasteiger partial charge in [0, 0.05) is 11.6 Å². The summed E-state index contributed by atoms with van der Waals surface area (Å²) in [5.41, 5.74) is 3.19. The topological polar surface area (TPSA) is 52.1 Å². The molecule has 92 valence electrons. The molecule has 18 heavy (non-hydrogen) atoms. The average molecular weight is 242 g/mol. The Morgan fingerprint density at radius 1 is 1.06 bits per heavy atom. The van der Waals surface area contributed by atoms with Crippen molar-refractivity contribution in [3.63, 3.8) is 0 Å². The molecule has 0 aliphatic carbocycles. The average Bonchev–Trinajstić information content (AvgIpc) is 2.41. The largest absolute Gasteiger partial charge is 0.480 e. The van der Waals surface area contributed by atoms with E-state index in [9.17, 15) is 4.79 Å². The highest BCUT2D eigenvalue weighted by Crippen LogP contribution is 2.14. The molecule has 0 unspecified atom stereocenters. The number of ether oxygens (including phenoxy) is 1. The molecule has 0 aliphatic rings. The molecule has 0 saturated carbocycles. The number of aromatic nitrogens is 2. The van der Waals surface area contributed by atoms with Crippen molar-refractivity contribution in [2.45, 2.75) is 13.8 Å². The lowest BCUT2D eigenvalue weighted by Crippen LogP contribution is -2.06. The monoisotopic (exact) mass is 242 g/mol. The maximum absolute atomic E-state index is 12.2.